The summed E-state index contributed by atoms with van der Waals surface area (Å²) in [5.74, 6) is -0.459. The average Bonchev–Trinajstić information content (AvgIpc) is 3.87. The standard InChI is InChI=1S/C50H54Cl2N8O4/c1-28-20-34-24-42(50(62)63)58(27-35-25-36(13-14-53-35)57-17-15-55(7)16-18-57)46(34)41(21-28)59-26-31(4)60-47-39(11-12-40(51)44(47)43-32(5)54-56(8)33(43)6)38(48(60)49(59)61)10-9-19-64-37-22-29(2)45(52)30(3)23-37/h11-14,20-25,31H,9-10,15-19,26-27H2,1-8H3,(H,62,63)/t31-/m1/s1. The Bertz CT molecular complexity index is 2990. The fourth-order valence-corrected chi connectivity index (χ4v) is 10.4. The molecule has 64 heavy (non-hydrogen) atoms. The van der Waals surface area contributed by atoms with E-state index >= 15 is 4.79 Å². The number of carbonyl (C=O) groups excluding carboxylic acids is 1. The van der Waals surface area contributed by atoms with E-state index in [2.05, 4.69) is 34.4 Å². The lowest BCUT2D eigenvalue weighted by Crippen LogP contribution is -2.44. The molecule has 14 heteroatoms. The molecule has 4 aromatic heterocycles. The van der Waals surface area contributed by atoms with Gasteiger partial charge in [-0.05, 0) is 132 Å². The Morgan fingerprint density at radius 3 is 2.33 bits per heavy atom. The molecule has 6 heterocycles. The second-order valence-corrected chi connectivity index (χ2v) is 18.5. The Hall–Kier alpha value is -5.82. The summed E-state index contributed by atoms with van der Waals surface area (Å²) in [4.78, 5) is 39.9. The maximum Gasteiger partial charge on any atom is 0.352 e. The number of halogens is 2. The van der Waals surface area contributed by atoms with Crippen LogP contribution < -0.4 is 14.5 Å². The van der Waals surface area contributed by atoms with Crippen LogP contribution in [0.5, 0.6) is 5.75 Å². The van der Waals surface area contributed by atoms with E-state index in [1.165, 1.54) is 0 Å². The summed E-state index contributed by atoms with van der Waals surface area (Å²) >= 11 is 13.7. The molecule has 0 saturated carbocycles. The van der Waals surface area contributed by atoms with Crippen molar-refractivity contribution < 1.29 is 19.4 Å². The zero-order valence-corrected chi connectivity index (χ0v) is 39.2. The Morgan fingerprint density at radius 2 is 1.64 bits per heavy atom. The lowest BCUT2D eigenvalue weighted by molar-refractivity contribution is 0.0686. The maximum atomic E-state index is 15.7. The predicted molar refractivity (Wildman–Crippen MR) is 256 cm³/mol. The number of fused-ring (bicyclic) bond motifs is 4. The summed E-state index contributed by atoms with van der Waals surface area (Å²) < 4.78 is 12.2. The Kier molecular flexibility index (Phi) is 11.5. The van der Waals surface area contributed by atoms with E-state index in [1.807, 2.05) is 98.3 Å². The van der Waals surface area contributed by atoms with E-state index < -0.39 is 5.97 Å². The second-order valence-electron chi connectivity index (χ2n) is 17.7. The fourth-order valence-electron chi connectivity index (χ4n) is 10.00. The normalized spacial score (nSPS) is 15.8. The van der Waals surface area contributed by atoms with Crippen LogP contribution in [0, 0.1) is 34.6 Å². The van der Waals surface area contributed by atoms with Gasteiger partial charge in [0.05, 0.1) is 46.3 Å². The van der Waals surface area contributed by atoms with Crippen molar-refractivity contribution in [2.45, 2.75) is 67.0 Å². The van der Waals surface area contributed by atoms with Gasteiger partial charge in [-0.3, -0.25) is 14.5 Å². The molecule has 3 aromatic carbocycles. The monoisotopic (exact) mass is 900 g/mol. The van der Waals surface area contributed by atoms with Gasteiger partial charge >= 0.3 is 5.97 Å². The number of pyridine rings is 1. The van der Waals surface area contributed by atoms with Crippen molar-refractivity contribution in [1.29, 1.82) is 0 Å². The van der Waals surface area contributed by atoms with Crippen LogP contribution in [0.3, 0.4) is 0 Å². The third-order valence-corrected chi connectivity index (χ3v) is 14.1. The highest BCUT2D eigenvalue weighted by Crippen LogP contribution is 2.46. The van der Waals surface area contributed by atoms with Crippen molar-refractivity contribution >= 4 is 68.3 Å². The van der Waals surface area contributed by atoms with Gasteiger partial charge < -0.3 is 33.7 Å². The number of rotatable bonds is 11. The molecular formula is C50H54Cl2N8O4. The van der Waals surface area contributed by atoms with Crippen molar-refractivity contribution in [3.63, 3.8) is 0 Å². The number of nitrogens with zero attached hydrogens (tertiary/aromatic N) is 8. The number of piperazine rings is 1. The third kappa shape index (κ3) is 7.58. The molecular weight excluding hydrogens is 848 g/mol. The molecule has 0 radical (unpaired) electrons. The molecule has 7 aromatic rings. The van der Waals surface area contributed by atoms with Crippen LogP contribution in [0.1, 0.15) is 79.7 Å². The summed E-state index contributed by atoms with van der Waals surface area (Å²) in [6.45, 7) is 16.8. The highest BCUT2D eigenvalue weighted by molar-refractivity contribution is 6.35. The van der Waals surface area contributed by atoms with Crippen LogP contribution in [0.4, 0.5) is 11.4 Å². The van der Waals surface area contributed by atoms with Crippen LogP contribution >= 0.6 is 23.2 Å². The average molecular weight is 902 g/mol. The minimum Gasteiger partial charge on any atom is -0.494 e. The topological polar surface area (TPSA) is 114 Å². The molecule has 332 valence electrons. The minimum atomic E-state index is -1.05. The van der Waals surface area contributed by atoms with Gasteiger partial charge in [-0.2, -0.15) is 5.10 Å². The van der Waals surface area contributed by atoms with E-state index in [4.69, 9.17) is 38.0 Å². The first-order valence-electron chi connectivity index (χ1n) is 21.9. The van der Waals surface area contributed by atoms with Gasteiger partial charge in [0, 0.05) is 90.3 Å². The van der Waals surface area contributed by atoms with Gasteiger partial charge in [0.1, 0.15) is 17.1 Å². The van der Waals surface area contributed by atoms with E-state index in [0.29, 0.717) is 47.9 Å². The molecule has 0 bridgehead atoms. The zero-order chi connectivity index (χ0) is 45.3. The molecule has 1 saturated heterocycles. The number of carboxylic acid groups (broad SMARTS) is 1. The number of hydrogen-bond acceptors (Lipinski definition) is 7. The number of aromatic nitrogens is 5. The number of benzene rings is 3. The Morgan fingerprint density at radius 1 is 0.906 bits per heavy atom. The van der Waals surface area contributed by atoms with Gasteiger partial charge in [0.15, 0.2) is 0 Å². The van der Waals surface area contributed by atoms with E-state index in [-0.39, 0.29) is 24.2 Å². The molecule has 1 fully saturated rings. The molecule has 2 aliphatic heterocycles. The predicted octanol–water partition coefficient (Wildman–Crippen LogP) is 9.97. The van der Waals surface area contributed by atoms with Crippen LogP contribution in [0.25, 0.3) is 32.9 Å². The summed E-state index contributed by atoms with van der Waals surface area (Å²) in [7, 11) is 4.06. The molecule has 2 aliphatic rings. The molecule has 1 atom stereocenters. The van der Waals surface area contributed by atoms with Crippen LogP contribution in [-0.4, -0.2) is 92.2 Å². The summed E-state index contributed by atoms with van der Waals surface area (Å²) in [5, 5.41) is 18.4. The number of likely N-dealkylation sites (N-methyl/N-ethyl adjacent to an activating group) is 1. The lowest BCUT2D eigenvalue weighted by atomic mass is 9.98. The SMILES string of the molecule is Cc1cc(N2C[C@@H](C)n3c(c(CCCOc4cc(C)c(Cl)c(C)c4)c4ccc(Cl)c(-c5c(C)nn(C)c5C)c43)C2=O)c2c(c1)cc(C(=O)O)n2Cc1cc(N2CCN(C)CC2)ccn1. The number of amides is 1. The molecule has 9 rings (SSSR count). The fraction of sp³-hybridized carbons (Fsp3) is 0.360. The Balaban J connectivity index is 1.17. The van der Waals surface area contributed by atoms with Gasteiger partial charge in [-0.25, -0.2) is 4.79 Å². The van der Waals surface area contributed by atoms with Gasteiger partial charge in [-0.15, -0.1) is 0 Å². The molecule has 1 amide bonds. The van der Waals surface area contributed by atoms with E-state index in [9.17, 15) is 9.90 Å². The minimum absolute atomic E-state index is 0.133. The number of aryl methyl sites for hydroxylation is 6. The first-order valence-corrected chi connectivity index (χ1v) is 22.7. The molecule has 12 nitrogen and oxygen atoms in total. The molecule has 0 unspecified atom stereocenters. The third-order valence-electron chi connectivity index (χ3n) is 13.2. The first kappa shape index (κ1) is 43.4. The van der Waals surface area contributed by atoms with Crippen LogP contribution in [0.15, 0.2) is 60.8 Å². The highest BCUT2D eigenvalue weighted by Gasteiger charge is 2.38. The number of anilines is 2. The lowest BCUT2D eigenvalue weighted by Gasteiger charge is -2.35. The summed E-state index contributed by atoms with van der Waals surface area (Å²) in [5.41, 5.74) is 12.1. The number of carbonyl (C=O) groups is 2. The summed E-state index contributed by atoms with van der Waals surface area (Å²) in [6, 6.07) is 17.5. The quantitative estimate of drug-likeness (QED) is 0.128. The van der Waals surface area contributed by atoms with Crippen molar-refractivity contribution in [1.82, 2.24) is 28.8 Å². The van der Waals surface area contributed by atoms with Crippen LogP contribution in [-0.2, 0) is 20.0 Å². The Labute approximate surface area is 383 Å². The molecule has 0 spiro atoms. The first-order chi connectivity index (χ1) is 30.6. The number of ether oxygens (including phenoxy) is 1. The largest absolute Gasteiger partial charge is 0.494 e. The summed E-state index contributed by atoms with van der Waals surface area (Å²) in [6.07, 6.45) is 2.99. The van der Waals surface area contributed by atoms with E-state index in [1.54, 1.807) is 12.3 Å². The van der Waals surface area contributed by atoms with Gasteiger partial charge in [0.2, 0.25) is 0 Å². The maximum absolute atomic E-state index is 15.7. The second kappa shape index (κ2) is 17.0. The zero-order valence-electron chi connectivity index (χ0n) is 37.7. The van der Waals surface area contributed by atoms with Crippen molar-refractivity contribution in [3.05, 3.63) is 122 Å². The smallest absolute Gasteiger partial charge is 0.352 e. The number of aromatic carboxylic acids is 1. The molecule has 1 N–H and O–H groups in total. The highest BCUT2D eigenvalue weighted by atomic mass is 35.5. The molecule has 0 aliphatic carbocycles. The van der Waals surface area contributed by atoms with Crippen molar-refractivity contribution in [2.75, 3.05) is 56.2 Å². The van der Waals surface area contributed by atoms with Crippen molar-refractivity contribution in [2.24, 2.45) is 7.05 Å². The van der Waals surface area contributed by atoms with Crippen molar-refractivity contribution in [3.8, 4) is 16.9 Å². The van der Waals surface area contributed by atoms with Gasteiger partial charge in [0.25, 0.3) is 5.91 Å². The van der Waals surface area contributed by atoms with E-state index in [0.717, 1.165) is 109 Å². The number of hydrogen-bond donors (Lipinski definition) is 1. The number of carboxylic acids is 1. The van der Waals surface area contributed by atoms with Gasteiger partial charge in [-0.1, -0.05) is 29.3 Å². The van der Waals surface area contributed by atoms with Crippen LogP contribution in [0.2, 0.25) is 10.0 Å².